The van der Waals surface area contributed by atoms with Gasteiger partial charge in [0.15, 0.2) is 11.4 Å². The summed E-state index contributed by atoms with van der Waals surface area (Å²) in [5.74, 6) is -0.186. The van der Waals surface area contributed by atoms with Crippen LogP contribution in [0.1, 0.15) is 57.1 Å². The van der Waals surface area contributed by atoms with Crippen LogP contribution in [0.15, 0.2) is 44.9 Å². The van der Waals surface area contributed by atoms with Crippen molar-refractivity contribution in [2.24, 2.45) is 0 Å². The quantitative estimate of drug-likeness (QED) is 0.585. The molecule has 29 heavy (non-hydrogen) atoms. The Morgan fingerprint density at radius 3 is 2.00 bits per heavy atom. The molecule has 0 aliphatic rings. The van der Waals surface area contributed by atoms with Crippen LogP contribution in [0.4, 0.5) is 0 Å². The van der Waals surface area contributed by atoms with E-state index in [-0.39, 0.29) is 27.8 Å². The molecule has 0 atom stereocenters. The zero-order valence-corrected chi connectivity index (χ0v) is 17.6. The lowest BCUT2D eigenvalue weighted by Crippen LogP contribution is -2.41. The molecule has 2 aromatic heterocycles. The van der Waals surface area contributed by atoms with E-state index in [9.17, 15) is 22.8 Å². The number of Topliss-reactive ketones (excluding diaryl/α,β-unsaturated/α-hetero) is 1. The summed E-state index contributed by atoms with van der Waals surface area (Å²) >= 11 is 0. The number of rotatable bonds is 5. The summed E-state index contributed by atoms with van der Waals surface area (Å²) in [6.45, 7) is 8.30. The lowest BCUT2D eigenvalue weighted by molar-refractivity contribution is 0.101. The SMILES string of the molecule is CC(=O)c1ccc(S(=O)(=O)n2cc3c(=O)n(C(C)C)c(=O)n(C(C)C)c3n2)cc1. The number of aromatic nitrogens is 4. The van der Waals surface area contributed by atoms with Crippen molar-refractivity contribution in [2.75, 3.05) is 0 Å². The molecule has 2 heterocycles. The third-order valence-electron chi connectivity index (χ3n) is 4.60. The molecule has 0 spiro atoms. The molecular formula is C19H22N4O5S. The molecule has 0 bridgehead atoms. The van der Waals surface area contributed by atoms with Crippen LogP contribution in [0.25, 0.3) is 11.0 Å². The summed E-state index contributed by atoms with van der Waals surface area (Å²) in [6.07, 6.45) is 1.13. The maximum atomic E-state index is 13.0. The van der Waals surface area contributed by atoms with E-state index in [1.807, 2.05) is 0 Å². The van der Waals surface area contributed by atoms with Crippen LogP contribution in [0.3, 0.4) is 0 Å². The van der Waals surface area contributed by atoms with Crippen LogP contribution >= 0.6 is 0 Å². The van der Waals surface area contributed by atoms with Crippen LogP contribution in [0.2, 0.25) is 0 Å². The van der Waals surface area contributed by atoms with Gasteiger partial charge in [-0.15, -0.1) is 5.10 Å². The Bertz CT molecular complexity index is 1330. The van der Waals surface area contributed by atoms with Crippen LogP contribution in [0.5, 0.6) is 0 Å². The molecule has 0 aliphatic carbocycles. The first-order chi connectivity index (χ1) is 13.5. The van der Waals surface area contributed by atoms with Crippen molar-refractivity contribution in [1.29, 1.82) is 0 Å². The molecule has 3 aromatic rings. The number of nitrogens with zero attached hydrogens (tertiary/aromatic N) is 4. The zero-order valence-electron chi connectivity index (χ0n) is 16.8. The number of ketones is 1. The van der Waals surface area contributed by atoms with Gasteiger partial charge in [-0.25, -0.2) is 4.79 Å². The molecule has 9 nitrogen and oxygen atoms in total. The molecule has 154 valence electrons. The van der Waals surface area contributed by atoms with Gasteiger partial charge in [-0.2, -0.15) is 12.5 Å². The molecule has 0 saturated carbocycles. The number of hydrogen-bond acceptors (Lipinski definition) is 6. The summed E-state index contributed by atoms with van der Waals surface area (Å²) in [7, 11) is -4.12. The van der Waals surface area contributed by atoms with Gasteiger partial charge in [0.1, 0.15) is 5.39 Å². The molecule has 0 fully saturated rings. The lowest BCUT2D eigenvalue weighted by Gasteiger charge is -2.15. The Labute approximate surface area is 167 Å². The predicted octanol–water partition coefficient (Wildman–Crippen LogP) is 1.96. The summed E-state index contributed by atoms with van der Waals surface area (Å²) in [4.78, 5) is 37.0. The molecule has 0 N–H and O–H groups in total. The van der Waals surface area contributed by atoms with E-state index in [1.165, 1.54) is 35.8 Å². The van der Waals surface area contributed by atoms with Crippen molar-refractivity contribution in [3.8, 4) is 0 Å². The minimum absolute atomic E-state index is 0.0100. The first-order valence-corrected chi connectivity index (χ1v) is 10.5. The molecule has 0 radical (unpaired) electrons. The minimum atomic E-state index is -4.12. The second-order valence-corrected chi connectivity index (χ2v) is 9.14. The van der Waals surface area contributed by atoms with Gasteiger partial charge < -0.3 is 0 Å². The molecule has 0 unspecified atom stereocenters. The molecule has 1 aromatic carbocycles. The fourth-order valence-electron chi connectivity index (χ4n) is 3.11. The number of benzene rings is 1. The number of carbonyl (C=O) groups is 1. The van der Waals surface area contributed by atoms with Crippen LogP contribution in [-0.2, 0) is 10.0 Å². The number of fused-ring (bicyclic) bond motifs is 1. The van der Waals surface area contributed by atoms with E-state index in [0.29, 0.717) is 9.65 Å². The van der Waals surface area contributed by atoms with E-state index < -0.39 is 27.3 Å². The molecule has 10 heteroatoms. The van der Waals surface area contributed by atoms with Crippen molar-refractivity contribution < 1.29 is 13.2 Å². The highest BCUT2D eigenvalue weighted by Crippen LogP contribution is 2.18. The van der Waals surface area contributed by atoms with Gasteiger partial charge in [-0.1, -0.05) is 12.1 Å². The first-order valence-electron chi connectivity index (χ1n) is 9.09. The largest absolute Gasteiger partial charge is 0.333 e. The monoisotopic (exact) mass is 418 g/mol. The third-order valence-corrected chi connectivity index (χ3v) is 6.15. The average Bonchev–Trinajstić information content (AvgIpc) is 3.07. The Morgan fingerprint density at radius 1 is 0.966 bits per heavy atom. The fraction of sp³-hybridized carbons (Fsp3) is 0.368. The van der Waals surface area contributed by atoms with E-state index in [4.69, 9.17) is 0 Å². The highest BCUT2D eigenvalue weighted by atomic mass is 32.2. The highest BCUT2D eigenvalue weighted by Gasteiger charge is 2.24. The average molecular weight is 418 g/mol. The summed E-state index contributed by atoms with van der Waals surface area (Å²) in [5.41, 5.74) is -0.745. The second kappa shape index (κ2) is 7.11. The van der Waals surface area contributed by atoms with E-state index in [1.54, 1.807) is 27.7 Å². The van der Waals surface area contributed by atoms with Crippen LogP contribution in [-0.4, -0.2) is 32.5 Å². The summed E-state index contributed by atoms with van der Waals surface area (Å²) in [6, 6.07) is 4.70. The Balaban J connectivity index is 2.30. The van der Waals surface area contributed by atoms with Crippen molar-refractivity contribution in [1.82, 2.24) is 18.3 Å². The van der Waals surface area contributed by atoms with Gasteiger partial charge in [-0.3, -0.25) is 18.7 Å². The van der Waals surface area contributed by atoms with Gasteiger partial charge >= 0.3 is 5.69 Å². The fourth-order valence-corrected chi connectivity index (χ4v) is 4.23. The van der Waals surface area contributed by atoms with Gasteiger partial charge in [0.2, 0.25) is 0 Å². The Morgan fingerprint density at radius 2 is 1.52 bits per heavy atom. The van der Waals surface area contributed by atoms with E-state index >= 15 is 0 Å². The lowest BCUT2D eigenvalue weighted by atomic mass is 10.2. The summed E-state index contributed by atoms with van der Waals surface area (Å²) in [5, 5.41) is 4.11. The molecular weight excluding hydrogens is 396 g/mol. The molecule has 0 aliphatic heterocycles. The molecule has 3 rings (SSSR count). The summed E-state index contributed by atoms with van der Waals surface area (Å²) < 4.78 is 29.1. The van der Waals surface area contributed by atoms with Crippen LogP contribution < -0.4 is 11.2 Å². The van der Waals surface area contributed by atoms with Crippen LogP contribution in [0, 0.1) is 0 Å². The van der Waals surface area contributed by atoms with Gasteiger partial charge in [0.05, 0.1) is 11.1 Å². The smallest absolute Gasteiger partial charge is 0.295 e. The van der Waals surface area contributed by atoms with Crippen molar-refractivity contribution >= 4 is 26.8 Å². The molecule has 0 saturated heterocycles. The topological polar surface area (TPSA) is 113 Å². The minimum Gasteiger partial charge on any atom is -0.295 e. The number of hydrogen-bond donors (Lipinski definition) is 0. The standard InChI is InChI=1S/C19H22N4O5S/c1-11(2)22-17-16(18(25)23(12(3)4)19(22)26)10-21(20-17)29(27,28)15-8-6-14(7-9-15)13(5)24/h6-12H,1-5H3. The van der Waals surface area contributed by atoms with Gasteiger partial charge in [-0.05, 0) is 46.8 Å². The maximum Gasteiger partial charge on any atom is 0.333 e. The van der Waals surface area contributed by atoms with Crippen molar-refractivity contribution in [3.05, 3.63) is 56.9 Å². The zero-order chi connectivity index (χ0) is 21.7. The van der Waals surface area contributed by atoms with Gasteiger partial charge in [0.25, 0.3) is 15.6 Å². The molecule has 0 amide bonds. The Hall–Kier alpha value is -3.01. The first kappa shape index (κ1) is 20.7. The highest BCUT2D eigenvalue weighted by molar-refractivity contribution is 7.89. The van der Waals surface area contributed by atoms with Crippen molar-refractivity contribution in [2.45, 2.75) is 51.6 Å². The van der Waals surface area contributed by atoms with Gasteiger partial charge in [0, 0.05) is 17.6 Å². The normalized spacial score (nSPS) is 12.2. The second-order valence-electron chi connectivity index (χ2n) is 7.34. The Kier molecular flexibility index (Phi) is 5.08. The van der Waals surface area contributed by atoms with E-state index in [0.717, 1.165) is 10.8 Å². The maximum absolute atomic E-state index is 13.0. The van der Waals surface area contributed by atoms with E-state index in [2.05, 4.69) is 5.10 Å². The number of carbonyl (C=O) groups excluding carboxylic acids is 1. The van der Waals surface area contributed by atoms with Crippen molar-refractivity contribution in [3.63, 3.8) is 0 Å². The predicted molar refractivity (Wildman–Crippen MR) is 108 cm³/mol. The third kappa shape index (κ3) is 3.33.